The van der Waals surface area contributed by atoms with Gasteiger partial charge in [0, 0.05) is 11.8 Å². The number of carbonyl (C=O) groups is 2. The van der Waals surface area contributed by atoms with Crippen LogP contribution in [0.2, 0.25) is 0 Å². The zero-order chi connectivity index (χ0) is 9.40. The number of carboxylic acid groups (broad SMARTS) is 1. The van der Waals surface area contributed by atoms with Crippen molar-refractivity contribution in [1.29, 1.82) is 0 Å². The summed E-state index contributed by atoms with van der Waals surface area (Å²) in [7, 11) is 1.32. The average molecular weight is 190 g/mol. The molecule has 0 aromatic rings. The molecule has 0 amide bonds. The van der Waals surface area contributed by atoms with E-state index in [1.165, 1.54) is 24.9 Å². The summed E-state index contributed by atoms with van der Waals surface area (Å²) in [5.41, 5.74) is 0. The maximum Gasteiger partial charge on any atom is 0.328 e. The predicted molar refractivity (Wildman–Crippen MR) is 46.1 cm³/mol. The number of rotatable bonds is 5. The molecule has 0 bridgehead atoms. The van der Waals surface area contributed by atoms with E-state index in [0.717, 1.165) is 6.08 Å². The Kier molecular flexibility index (Phi) is 6.18. The summed E-state index contributed by atoms with van der Waals surface area (Å²) >= 11 is 1.30. The third kappa shape index (κ3) is 7.14. The second-order valence-corrected chi connectivity index (χ2v) is 2.86. The van der Waals surface area contributed by atoms with Crippen LogP contribution in [0.15, 0.2) is 12.2 Å². The lowest BCUT2D eigenvalue weighted by Gasteiger charge is -1.95. The molecule has 0 aliphatic rings. The molecule has 0 aromatic carbocycles. The Balaban J connectivity index is 3.33. The number of carbonyl (C=O) groups excluding carboxylic acids is 1. The molecule has 0 aromatic heterocycles. The van der Waals surface area contributed by atoms with Crippen LogP contribution in [-0.2, 0) is 14.3 Å². The van der Waals surface area contributed by atoms with E-state index in [-0.39, 0.29) is 11.7 Å². The van der Waals surface area contributed by atoms with E-state index >= 15 is 0 Å². The van der Waals surface area contributed by atoms with Gasteiger partial charge >= 0.3 is 11.9 Å². The minimum Gasteiger partial charge on any atom is -0.478 e. The SMILES string of the molecule is COC(=O)CSCC=CC(=O)O. The summed E-state index contributed by atoms with van der Waals surface area (Å²) < 4.78 is 4.38. The smallest absolute Gasteiger partial charge is 0.328 e. The van der Waals surface area contributed by atoms with Gasteiger partial charge < -0.3 is 9.84 Å². The number of esters is 1. The standard InChI is InChI=1S/C7H10O4S/c1-11-7(10)5-12-4-2-3-6(8)9/h2-3H,4-5H2,1H3,(H,8,9). The van der Waals surface area contributed by atoms with Crippen molar-refractivity contribution in [2.24, 2.45) is 0 Å². The first-order valence-electron chi connectivity index (χ1n) is 3.21. The van der Waals surface area contributed by atoms with Crippen molar-refractivity contribution in [2.45, 2.75) is 0 Å². The second kappa shape index (κ2) is 6.72. The van der Waals surface area contributed by atoms with Crippen LogP contribution in [0, 0.1) is 0 Å². The molecule has 0 atom stereocenters. The molecule has 0 saturated heterocycles. The molecule has 0 saturated carbocycles. The minimum atomic E-state index is -0.978. The van der Waals surface area contributed by atoms with Crippen molar-refractivity contribution in [1.82, 2.24) is 0 Å². The molecule has 0 aliphatic carbocycles. The zero-order valence-corrected chi connectivity index (χ0v) is 7.47. The summed E-state index contributed by atoms with van der Waals surface area (Å²) in [5, 5.41) is 8.18. The van der Waals surface area contributed by atoms with Gasteiger partial charge in [-0.25, -0.2) is 4.79 Å². The highest BCUT2D eigenvalue weighted by molar-refractivity contribution is 8.00. The fourth-order valence-corrected chi connectivity index (χ4v) is 1.05. The van der Waals surface area contributed by atoms with Crippen molar-refractivity contribution < 1.29 is 19.4 Å². The van der Waals surface area contributed by atoms with Gasteiger partial charge in [0.05, 0.1) is 12.9 Å². The van der Waals surface area contributed by atoms with Gasteiger partial charge in [-0.2, -0.15) is 0 Å². The first-order chi connectivity index (χ1) is 5.66. The van der Waals surface area contributed by atoms with Crippen LogP contribution in [0.25, 0.3) is 0 Å². The monoisotopic (exact) mass is 190 g/mol. The van der Waals surface area contributed by atoms with Gasteiger partial charge in [-0.3, -0.25) is 4.79 Å². The second-order valence-electron chi connectivity index (χ2n) is 1.83. The highest BCUT2D eigenvalue weighted by atomic mass is 32.2. The van der Waals surface area contributed by atoms with Crippen LogP contribution in [0.1, 0.15) is 0 Å². The first kappa shape index (κ1) is 11.0. The molecule has 0 spiro atoms. The molecule has 0 aliphatic heterocycles. The molecule has 0 unspecified atom stereocenters. The molecule has 1 N–H and O–H groups in total. The summed E-state index contributed by atoms with van der Waals surface area (Å²) in [6.45, 7) is 0. The summed E-state index contributed by atoms with van der Waals surface area (Å²) in [4.78, 5) is 20.5. The maximum atomic E-state index is 10.5. The molecule has 4 nitrogen and oxygen atoms in total. The quantitative estimate of drug-likeness (QED) is 0.389. The van der Waals surface area contributed by atoms with Crippen LogP contribution in [0.4, 0.5) is 0 Å². The van der Waals surface area contributed by atoms with Gasteiger partial charge in [0.15, 0.2) is 0 Å². The zero-order valence-electron chi connectivity index (χ0n) is 6.65. The third-order valence-corrected chi connectivity index (χ3v) is 1.79. The average Bonchev–Trinajstić information content (AvgIpc) is 2.03. The van der Waals surface area contributed by atoms with E-state index in [2.05, 4.69) is 4.74 Å². The number of methoxy groups -OCH3 is 1. The summed E-state index contributed by atoms with van der Waals surface area (Å²) in [6.07, 6.45) is 2.53. The Morgan fingerprint density at radius 1 is 1.58 bits per heavy atom. The largest absolute Gasteiger partial charge is 0.478 e. The van der Waals surface area contributed by atoms with Crippen LogP contribution in [0.3, 0.4) is 0 Å². The molecule has 68 valence electrons. The lowest BCUT2D eigenvalue weighted by molar-refractivity contribution is -0.137. The van der Waals surface area contributed by atoms with Gasteiger partial charge in [0.1, 0.15) is 0 Å². The Morgan fingerprint density at radius 2 is 2.25 bits per heavy atom. The van der Waals surface area contributed by atoms with Crippen molar-refractivity contribution >= 4 is 23.7 Å². The van der Waals surface area contributed by atoms with Crippen molar-refractivity contribution in [3.05, 3.63) is 12.2 Å². The molecule has 12 heavy (non-hydrogen) atoms. The molecule has 5 heteroatoms. The van der Waals surface area contributed by atoms with Crippen LogP contribution < -0.4 is 0 Å². The Bertz CT molecular complexity index is 188. The first-order valence-corrected chi connectivity index (χ1v) is 4.36. The maximum absolute atomic E-state index is 10.5. The van der Waals surface area contributed by atoms with Gasteiger partial charge in [-0.05, 0) is 0 Å². The van der Waals surface area contributed by atoms with E-state index in [1.54, 1.807) is 0 Å². The Hall–Kier alpha value is -0.970. The Labute approximate surface area is 74.6 Å². The van der Waals surface area contributed by atoms with Crippen LogP contribution in [0.5, 0.6) is 0 Å². The lowest BCUT2D eigenvalue weighted by Crippen LogP contribution is -2.03. The van der Waals surface area contributed by atoms with Gasteiger partial charge in [0.2, 0.25) is 0 Å². The van der Waals surface area contributed by atoms with Crippen molar-refractivity contribution in [3.8, 4) is 0 Å². The fraction of sp³-hybridized carbons (Fsp3) is 0.429. The van der Waals surface area contributed by atoms with Gasteiger partial charge in [-0.1, -0.05) is 6.08 Å². The van der Waals surface area contributed by atoms with E-state index in [4.69, 9.17) is 5.11 Å². The topological polar surface area (TPSA) is 63.6 Å². The van der Waals surface area contributed by atoms with Crippen LogP contribution in [-0.4, -0.2) is 35.7 Å². The highest BCUT2D eigenvalue weighted by Gasteiger charge is 1.97. The van der Waals surface area contributed by atoms with Crippen molar-refractivity contribution in [3.63, 3.8) is 0 Å². The minimum absolute atomic E-state index is 0.250. The van der Waals surface area contributed by atoms with Crippen LogP contribution >= 0.6 is 11.8 Å². The number of hydrogen-bond acceptors (Lipinski definition) is 4. The highest BCUT2D eigenvalue weighted by Crippen LogP contribution is 2.00. The number of hydrogen-bond donors (Lipinski definition) is 1. The molecule has 0 fully saturated rings. The molecule has 0 radical (unpaired) electrons. The Morgan fingerprint density at radius 3 is 2.75 bits per heavy atom. The normalized spacial score (nSPS) is 10.1. The third-order valence-electron chi connectivity index (χ3n) is 0.922. The summed E-state index contributed by atoms with van der Waals surface area (Å²) in [5.74, 6) is -0.528. The van der Waals surface area contributed by atoms with Gasteiger partial charge in [-0.15, -0.1) is 11.8 Å². The lowest BCUT2D eigenvalue weighted by atomic mass is 10.5. The molecule has 0 rings (SSSR count). The molecular formula is C7H10O4S. The van der Waals surface area contributed by atoms with E-state index < -0.39 is 5.97 Å². The van der Waals surface area contributed by atoms with E-state index in [1.807, 2.05) is 0 Å². The number of aliphatic carboxylic acids is 1. The predicted octanol–water partition coefficient (Wildman–Crippen LogP) is 0.533. The van der Waals surface area contributed by atoms with E-state index in [0.29, 0.717) is 5.75 Å². The number of ether oxygens (including phenoxy) is 1. The van der Waals surface area contributed by atoms with Gasteiger partial charge in [0.25, 0.3) is 0 Å². The summed E-state index contributed by atoms with van der Waals surface area (Å²) in [6, 6.07) is 0. The van der Waals surface area contributed by atoms with Crippen molar-refractivity contribution in [2.75, 3.05) is 18.6 Å². The fourth-order valence-electron chi connectivity index (χ4n) is 0.418. The number of thioether (sulfide) groups is 1. The molecule has 0 heterocycles. The molecular weight excluding hydrogens is 180 g/mol. The number of carboxylic acids is 1. The van der Waals surface area contributed by atoms with E-state index in [9.17, 15) is 9.59 Å².